The number of hydrogen-bond acceptors (Lipinski definition) is 3. The lowest BCUT2D eigenvalue weighted by atomic mass is 9.87. The van der Waals surface area contributed by atoms with E-state index in [1.807, 2.05) is 13.0 Å². The molecule has 0 aliphatic carbocycles. The second-order valence-electron chi connectivity index (χ2n) is 5.47. The van der Waals surface area contributed by atoms with E-state index in [1.54, 1.807) is 6.20 Å². The number of rotatable bonds is 2. The molecule has 0 aliphatic rings. The molecule has 1 aromatic carbocycles. The van der Waals surface area contributed by atoms with Crippen LogP contribution in [0.1, 0.15) is 32.0 Å². The number of benzene rings is 1. The molecule has 1 heterocycles. The fourth-order valence-corrected chi connectivity index (χ4v) is 1.69. The number of nitrogens with one attached hydrogen (secondary N) is 1. The van der Waals surface area contributed by atoms with Gasteiger partial charge in [0.05, 0.1) is 0 Å². The van der Waals surface area contributed by atoms with Crippen LogP contribution in [0.25, 0.3) is 0 Å². The maximum Gasteiger partial charge on any atom is 0.227 e. The number of aryl methyl sites for hydroxylation is 1. The van der Waals surface area contributed by atoms with Gasteiger partial charge in [-0.25, -0.2) is 9.97 Å². The van der Waals surface area contributed by atoms with Gasteiger partial charge in [-0.3, -0.25) is 0 Å². The molecule has 1 aromatic heterocycles. The Labute approximate surface area is 108 Å². The lowest BCUT2D eigenvalue weighted by Gasteiger charge is -2.19. The first-order valence-electron chi connectivity index (χ1n) is 6.12. The molecule has 94 valence electrons. The molecule has 3 nitrogen and oxygen atoms in total. The van der Waals surface area contributed by atoms with Crippen LogP contribution in [0.3, 0.4) is 0 Å². The first-order chi connectivity index (χ1) is 8.45. The highest BCUT2D eigenvalue weighted by Gasteiger charge is 2.12. The smallest absolute Gasteiger partial charge is 0.227 e. The third-order valence-electron chi connectivity index (χ3n) is 2.80. The third-order valence-corrected chi connectivity index (χ3v) is 2.80. The van der Waals surface area contributed by atoms with E-state index in [1.165, 1.54) is 5.56 Å². The Kier molecular flexibility index (Phi) is 3.32. The summed E-state index contributed by atoms with van der Waals surface area (Å²) in [6.07, 6.45) is 1.76. The second-order valence-corrected chi connectivity index (χ2v) is 5.47. The summed E-state index contributed by atoms with van der Waals surface area (Å²) in [4.78, 5) is 8.50. The summed E-state index contributed by atoms with van der Waals surface area (Å²) in [7, 11) is 0. The lowest BCUT2D eigenvalue weighted by molar-refractivity contribution is 0.590. The van der Waals surface area contributed by atoms with Gasteiger partial charge >= 0.3 is 0 Å². The van der Waals surface area contributed by atoms with Crippen LogP contribution in [-0.2, 0) is 5.41 Å². The molecular weight excluding hydrogens is 222 g/mol. The van der Waals surface area contributed by atoms with Gasteiger partial charge in [0, 0.05) is 17.6 Å². The Morgan fingerprint density at radius 1 is 1.00 bits per heavy atom. The van der Waals surface area contributed by atoms with E-state index in [0.29, 0.717) is 5.95 Å². The quantitative estimate of drug-likeness (QED) is 0.868. The van der Waals surface area contributed by atoms with E-state index >= 15 is 0 Å². The summed E-state index contributed by atoms with van der Waals surface area (Å²) in [5.74, 6) is 0.638. The molecule has 0 aliphatic heterocycles. The molecule has 18 heavy (non-hydrogen) atoms. The van der Waals surface area contributed by atoms with Crippen molar-refractivity contribution in [1.29, 1.82) is 0 Å². The molecule has 0 fully saturated rings. The van der Waals surface area contributed by atoms with Crippen LogP contribution in [0.15, 0.2) is 36.5 Å². The summed E-state index contributed by atoms with van der Waals surface area (Å²) < 4.78 is 0. The molecule has 0 atom stereocenters. The Morgan fingerprint density at radius 3 is 2.22 bits per heavy atom. The fraction of sp³-hybridized carbons (Fsp3) is 0.333. The minimum atomic E-state index is 0.179. The summed E-state index contributed by atoms with van der Waals surface area (Å²) in [5.41, 5.74) is 3.46. The summed E-state index contributed by atoms with van der Waals surface area (Å²) in [6, 6.07) is 10.3. The lowest BCUT2D eigenvalue weighted by Crippen LogP contribution is -2.10. The van der Waals surface area contributed by atoms with Crippen LogP contribution in [0.5, 0.6) is 0 Å². The molecule has 0 radical (unpaired) electrons. The summed E-state index contributed by atoms with van der Waals surface area (Å²) in [5, 5.41) is 3.20. The van der Waals surface area contributed by atoms with Crippen LogP contribution in [0.2, 0.25) is 0 Å². The molecule has 0 bridgehead atoms. The molecule has 0 saturated heterocycles. The molecule has 2 rings (SSSR count). The molecule has 3 heteroatoms. The first-order valence-corrected chi connectivity index (χ1v) is 6.12. The Bertz CT molecular complexity index is 524. The van der Waals surface area contributed by atoms with E-state index in [-0.39, 0.29) is 5.41 Å². The average molecular weight is 241 g/mol. The van der Waals surface area contributed by atoms with Crippen molar-refractivity contribution in [3.8, 4) is 0 Å². The van der Waals surface area contributed by atoms with Gasteiger partial charge in [0.1, 0.15) is 0 Å². The van der Waals surface area contributed by atoms with E-state index in [4.69, 9.17) is 0 Å². The Balaban J connectivity index is 2.16. The fourth-order valence-electron chi connectivity index (χ4n) is 1.69. The van der Waals surface area contributed by atoms with E-state index in [2.05, 4.69) is 60.3 Å². The second kappa shape index (κ2) is 4.77. The predicted molar refractivity (Wildman–Crippen MR) is 75.2 cm³/mol. The normalized spacial score (nSPS) is 11.3. The van der Waals surface area contributed by atoms with Crippen LogP contribution in [-0.4, -0.2) is 9.97 Å². The maximum atomic E-state index is 4.32. The molecule has 1 N–H and O–H groups in total. The third kappa shape index (κ3) is 3.06. The van der Waals surface area contributed by atoms with Crippen LogP contribution in [0, 0.1) is 6.92 Å². The number of aromatic nitrogens is 2. The van der Waals surface area contributed by atoms with Gasteiger partial charge in [-0.1, -0.05) is 32.9 Å². The van der Waals surface area contributed by atoms with Crippen molar-refractivity contribution in [3.05, 3.63) is 47.8 Å². The van der Waals surface area contributed by atoms with Crippen LogP contribution in [0.4, 0.5) is 11.6 Å². The minimum Gasteiger partial charge on any atom is -0.324 e. The highest BCUT2D eigenvalue weighted by atomic mass is 15.1. The maximum absolute atomic E-state index is 4.32. The van der Waals surface area contributed by atoms with E-state index in [0.717, 1.165) is 11.4 Å². The van der Waals surface area contributed by atoms with Crippen molar-refractivity contribution in [2.24, 2.45) is 0 Å². The minimum absolute atomic E-state index is 0.179. The number of anilines is 2. The average Bonchev–Trinajstić information content (AvgIpc) is 2.28. The molecule has 0 spiro atoms. The van der Waals surface area contributed by atoms with Gasteiger partial charge in [-0.15, -0.1) is 0 Å². The highest BCUT2D eigenvalue weighted by molar-refractivity contribution is 5.54. The highest BCUT2D eigenvalue weighted by Crippen LogP contribution is 2.24. The first kappa shape index (κ1) is 12.6. The standard InChI is InChI=1S/C15H19N3/c1-11-9-10-16-14(17-11)18-13-7-5-12(6-8-13)15(2,3)4/h5-10H,1-4H3,(H,16,17,18). The zero-order valence-electron chi connectivity index (χ0n) is 11.4. The van der Waals surface area contributed by atoms with Gasteiger partial charge in [0.25, 0.3) is 0 Å². The topological polar surface area (TPSA) is 37.8 Å². The van der Waals surface area contributed by atoms with Gasteiger partial charge in [-0.2, -0.15) is 0 Å². The van der Waals surface area contributed by atoms with E-state index < -0.39 is 0 Å². The number of nitrogens with zero attached hydrogens (tertiary/aromatic N) is 2. The van der Waals surface area contributed by atoms with Gasteiger partial charge < -0.3 is 5.32 Å². The zero-order valence-corrected chi connectivity index (χ0v) is 11.4. The molecule has 0 amide bonds. The Morgan fingerprint density at radius 2 is 1.67 bits per heavy atom. The van der Waals surface area contributed by atoms with Crippen molar-refractivity contribution < 1.29 is 0 Å². The van der Waals surface area contributed by atoms with E-state index in [9.17, 15) is 0 Å². The number of hydrogen-bond donors (Lipinski definition) is 1. The SMILES string of the molecule is Cc1ccnc(Nc2ccc(C(C)(C)C)cc2)n1. The molecule has 2 aromatic rings. The van der Waals surface area contributed by atoms with Crippen molar-refractivity contribution in [3.63, 3.8) is 0 Å². The molecule has 0 unspecified atom stereocenters. The van der Waals surface area contributed by atoms with Gasteiger partial charge in [0.2, 0.25) is 5.95 Å². The zero-order chi connectivity index (χ0) is 13.2. The van der Waals surface area contributed by atoms with Crippen molar-refractivity contribution in [2.45, 2.75) is 33.1 Å². The predicted octanol–water partition coefficient (Wildman–Crippen LogP) is 3.83. The van der Waals surface area contributed by atoms with Crippen LogP contribution < -0.4 is 5.32 Å². The van der Waals surface area contributed by atoms with Gasteiger partial charge in [0.15, 0.2) is 0 Å². The molecule has 0 saturated carbocycles. The monoisotopic (exact) mass is 241 g/mol. The van der Waals surface area contributed by atoms with Crippen LogP contribution >= 0.6 is 0 Å². The molecular formula is C15H19N3. The van der Waals surface area contributed by atoms with Crippen molar-refractivity contribution in [2.75, 3.05) is 5.32 Å². The van der Waals surface area contributed by atoms with Crippen molar-refractivity contribution in [1.82, 2.24) is 9.97 Å². The summed E-state index contributed by atoms with van der Waals surface area (Å²) in [6.45, 7) is 8.58. The summed E-state index contributed by atoms with van der Waals surface area (Å²) >= 11 is 0. The van der Waals surface area contributed by atoms with Crippen molar-refractivity contribution >= 4 is 11.6 Å². The largest absolute Gasteiger partial charge is 0.324 e. The van der Waals surface area contributed by atoms with Gasteiger partial charge in [-0.05, 0) is 36.1 Å². The Hall–Kier alpha value is -1.90.